The van der Waals surface area contributed by atoms with Gasteiger partial charge in [0.1, 0.15) is 11.5 Å². The van der Waals surface area contributed by atoms with Crippen LogP contribution in [0.25, 0.3) is 11.1 Å². The molecule has 0 saturated carbocycles. The van der Waals surface area contributed by atoms with Gasteiger partial charge in [-0.15, -0.1) is 0 Å². The van der Waals surface area contributed by atoms with Gasteiger partial charge >= 0.3 is 6.18 Å². The minimum absolute atomic E-state index is 0.0358. The van der Waals surface area contributed by atoms with Crippen LogP contribution < -0.4 is 15.5 Å². The predicted octanol–water partition coefficient (Wildman–Crippen LogP) is 3.94. The smallest absolute Gasteiger partial charge is 0.354 e. The van der Waals surface area contributed by atoms with Gasteiger partial charge in [-0.3, -0.25) is 4.79 Å². The summed E-state index contributed by atoms with van der Waals surface area (Å²) in [7, 11) is 0. The zero-order chi connectivity index (χ0) is 22.7. The van der Waals surface area contributed by atoms with E-state index in [-0.39, 0.29) is 11.9 Å². The summed E-state index contributed by atoms with van der Waals surface area (Å²) in [6, 6.07) is 10.2. The highest BCUT2D eigenvalue weighted by Crippen LogP contribution is 2.29. The molecule has 10 heteroatoms. The Bertz CT molecular complexity index is 1120. The third-order valence-corrected chi connectivity index (χ3v) is 5.00. The fourth-order valence-corrected chi connectivity index (χ4v) is 3.47. The third-order valence-electron chi connectivity index (χ3n) is 5.00. The molecule has 1 saturated heterocycles. The van der Waals surface area contributed by atoms with Crippen LogP contribution in [0.5, 0.6) is 0 Å². The number of benzene rings is 1. The van der Waals surface area contributed by atoms with Gasteiger partial charge in [-0.25, -0.2) is 15.0 Å². The monoisotopic (exact) mass is 442 g/mol. The lowest BCUT2D eigenvalue weighted by Crippen LogP contribution is -2.28. The molecule has 7 nitrogen and oxygen atoms in total. The molecule has 1 amide bonds. The van der Waals surface area contributed by atoms with Gasteiger partial charge in [0.05, 0.1) is 0 Å². The zero-order valence-corrected chi connectivity index (χ0v) is 17.3. The van der Waals surface area contributed by atoms with Crippen LogP contribution in [0.15, 0.2) is 48.8 Å². The lowest BCUT2D eigenvalue weighted by atomic mass is 10.0. The number of halogens is 3. The molecular weight excluding hydrogens is 421 g/mol. The molecule has 166 valence electrons. The molecule has 4 rings (SSSR count). The van der Waals surface area contributed by atoms with E-state index in [9.17, 15) is 18.0 Å². The van der Waals surface area contributed by atoms with Gasteiger partial charge in [0, 0.05) is 49.7 Å². The average Bonchev–Trinajstić information content (AvgIpc) is 2.97. The normalized spacial score (nSPS) is 14.6. The van der Waals surface area contributed by atoms with Crippen molar-refractivity contribution in [2.24, 2.45) is 0 Å². The van der Waals surface area contributed by atoms with Gasteiger partial charge in [-0.05, 0) is 48.4 Å². The summed E-state index contributed by atoms with van der Waals surface area (Å²) < 4.78 is 38.7. The average molecular weight is 442 g/mol. The van der Waals surface area contributed by atoms with E-state index in [4.69, 9.17) is 0 Å². The van der Waals surface area contributed by atoms with E-state index >= 15 is 0 Å². The Balaban J connectivity index is 1.54. The van der Waals surface area contributed by atoms with E-state index in [1.54, 1.807) is 12.3 Å². The summed E-state index contributed by atoms with van der Waals surface area (Å²) in [6.07, 6.45) is -1.30. The van der Waals surface area contributed by atoms with Crippen molar-refractivity contribution in [2.75, 3.05) is 29.9 Å². The molecule has 32 heavy (non-hydrogen) atoms. The maximum Gasteiger partial charge on any atom is 0.433 e. The number of anilines is 3. The van der Waals surface area contributed by atoms with Gasteiger partial charge in [0.2, 0.25) is 11.9 Å². The standard InChI is InChI=1S/C22H21F3N6O/c1-14-10-16(12-17(11-14)29-21-27-6-4-18(30-21)22(23,24)25)15-2-3-19(28-13-15)31-8-5-20(32)26-7-9-31/h2-4,6,10-13H,5,7-9H2,1H3,(H,26,32)(H,27,29,30). The number of carbonyl (C=O) groups is 1. The van der Waals surface area contributed by atoms with Gasteiger partial charge in [-0.1, -0.05) is 6.07 Å². The largest absolute Gasteiger partial charge is 0.433 e. The number of carbonyl (C=O) groups excluding carboxylic acids is 1. The van der Waals surface area contributed by atoms with Crippen LogP contribution in [0.1, 0.15) is 17.7 Å². The first kappa shape index (κ1) is 21.5. The second-order valence-electron chi connectivity index (χ2n) is 7.47. The number of nitrogens with one attached hydrogen (secondary N) is 2. The summed E-state index contributed by atoms with van der Waals surface area (Å²) in [6.45, 7) is 3.76. The minimum atomic E-state index is -4.54. The van der Waals surface area contributed by atoms with Crippen LogP contribution in [0, 0.1) is 6.92 Å². The molecule has 0 radical (unpaired) electrons. The molecule has 3 aromatic rings. The van der Waals surface area contributed by atoms with Crippen molar-refractivity contribution >= 4 is 23.4 Å². The van der Waals surface area contributed by atoms with Gasteiger partial charge < -0.3 is 15.5 Å². The lowest BCUT2D eigenvalue weighted by molar-refractivity contribution is -0.141. The van der Waals surface area contributed by atoms with Crippen LogP contribution in [0.3, 0.4) is 0 Å². The first-order valence-electron chi connectivity index (χ1n) is 10.0. The van der Waals surface area contributed by atoms with Crippen LogP contribution in [0.2, 0.25) is 0 Å². The Morgan fingerprint density at radius 3 is 2.66 bits per heavy atom. The lowest BCUT2D eigenvalue weighted by Gasteiger charge is -2.20. The molecule has 0 atom stereocenters. The molecule has 1 aliphatic heterocycles. The van der Waals surface area contributed by atoms with E-state index in [1.165, 1.54) is 0 Å². The molecular formula is C22H21F3N6O. The number of rotatable bonds is 4. The Labute approximate surface area is 182 Å². The van der Waals surface area contributed by atoms with Crippen molar-refractivity contribution in [3.63, 3.8) is 0 Å². The maximum atomic E-state index is 12.9. The van der Waals surface area contributed by atoms with Crippen LogP contribution in [-0.4, -0.2) is 40.5 Å². The zero-order valence-electron chi connectivity index (χ0n) is 17.3. The van der Waals surface area contributed by atoms with Crippen molar-refractivity contribution < 1.29 is 18.0 Å². The SMILES string of the molecule is Cc1cc(Nc2nccc(C(F)(F)F)n2)cc(-c2ccc(N3CCNC(=O)CC3)nc2)c1. The van der Waals surface area contributed by atoms with Crippen molar-refractivity contribution in [1.29, 1.82) is 0 Å². The summed E-state index contributed by atoms with van der Waals surface area (Å²) in [5.74, 6) is 0.691. The van der Waals surface area contributed by atoms with E-state index < -0.39 is 11.9 Å². The first-order chi connectivity index (χ1) is 15.3. The summed E-state index contributed by atoms with van der Waals surface area (Å²) in [5.41, 5.74) is 2.19. The number of nitrogens with zero attached hydrogens (tertiary/aromatic N) is 4. The Hall–Kier alpha value is -3.69. The first-order valence-corrected chi connectivity index (χ1v) is 10.0. The topological polar surface area (TPSA) is 83.0 Å². The quantitative estimate of drug-likeness (QED) is 0.637. The van der Waals surface area contributed by atoms with Gasteiger partial charge in [0.15, 0.2) is 0 Å². The molecule has 1 aromatic carbocycles. The highest BCUT2D eigenvalue weighted by atomic mass is 19.4. The van der Waals surface area contributed by atoms with E-state index in [1.807, 2.05) is 31.2 Å². The number of hydrogen-bond acceptors (Lipinski definition) is 6. The van der Waals surface area contributed by atoms with Crippen molar-refractivity contribution in [3.8, 4) is 11.1 Å². The second-order valence-corrected chi connectivity index (χ2v) is 7.47. The van der Waals surface area contributed by atoms with Crippen molar-refractivity contribution in [1.82, 2.24) is 20.3 Å². The summed E-state index contributed by atoms with van der Waals surface area (Å²) in [5, 5.41) is 5.69. The molecule has 1 aliphatic rings. The number of aromatic nitrogens is 3. The predicted molar refractivity (Wildman–Crippen MR) is 115 cm³/mol. The van der Waals surface area contributed by atoms with Crippen LogP contribution in [-0.2, 0) is 11.0 Å². The number of aryl methyl sites for hydroxylation is 1. The van der Waals surface area contributed by atoms with E-state index in [0.717, 1.165) is 34.8 Å². The number of pyridine rings is 1. The van der Waals surface area contributed by atoms with Crippen molar-refractivity contribution in [2.45, 2.75) is 19.5 Å². The molecule has 2 aromatic heterocycles. The van der Waals surface area contributed by atoms with Gasteiger partial charge in [0.25, 0.3) is 0 Å². The Kier molecular flexibility index (Phi) is 5.93. The highest BCUT2D eigenvalue weighted by molar-refractivity contribution is 5.77. The molecule has 0 bridgehead atoms. The fraction of sp³-hybridized carbons (Fsp3) is 0.273. The second kappa shape index (κ2) is 8.81. The number of alkyl halides is 3. The van der Waals surface area contributed by atoms with Gasteiger partial charge in [-0.2, -0.15) is 13.2 Å². The highest BCUT2D eigenvalue weighted by Gasteiger charge is 2.32. The molecule has 0 spiro atoms. The van der Waals surface area contributed by atoms with E-state index in [0.29, 0.717) is 31.7 Å². The minimum Gasteiger partial charge on any atom is -0.354 e. The number of amides is 1. The molecule has 2 N–H and O–H groups in total. The Morgan fingerprint density at radius 2 is 1.91 bits per heavy atom. The van der Waals surface area contributed by atoms with E-state index in [2.05, 4.69) is 30.5 Å². The maximum absolute atomic E-state index is 12.9. The van der Waals surface area contributed by atoms with Crippen LogP contribution >= 0.6 is 0 Å². The van der Waals surface area contributed by atoms with Crippen molar-refractivity contribution in [3.05, 3.63) is 60.0 Å². The molecule has 0 unspecified atom stereocenters. The Morgan fingerprint density at radius 1 is 1.06 bits per heavy atom. The fourth-order valence-electron chi connectivity index (χ4n) is 3.47. The van der Waals surface area contributed by atoms with Crippen LogP contribution in [0.4, 0.5) is 30.6 Å². The molecule has 0 aliphatic carbocycles. The molecule has 3 heterocycles. The number of hydrogen-bond donors (Lipinski definition) is 2. The summed E-state index contributed by atoms with van der Waals surface area (Å²) in [4.78, 5) is 25.6. The molecule has 1 fully saturated rings. The third kappa shape index (κ3) is 5.13. The summed E-state index contributed by atoms with van der Waals surface area (Å²) >= 11 is 0.